The van der Waals surface area contributed by atoms with Crippen LogP contribution in [0.1, 0.15) is 30.2 Å². The van der Waals surface area contributed by atoms with Crippen molar-refractivity contribution in [3.63, 3.8) is 0 Å². The summed E-state index contributed by atoms with van der Waals surface area (Å²) in [6.45, 7) is 6.17. The second kappa shape index (κ2) is 6.95. The van der Waals surface area contributed by atoms with E-state index in [-0.39, 0.29) is 24.0 Å². The minimum Gasteiger partial charge on any atom is -0.396 e. The number of rotatable bonds is 6. The highest BCUT2D eigenvalue weighted by Crippen LogP contribution is 2.20. The zero-order valence-electron chi connectivity index (χ0n) is 14.1. The van der Waals surface area contributed by atoms with E-state index in [0.29, 0.717) is 30.4 Å². The predicted molar refractivity (Wildman–Crippen MR) is 88.4 cm³/mol. The first kappa shape index (κ1) is 17.2. The van der Waals surface area contributed by atoms with Gasteiger partial charge in [-0.2, -0.15) is 0 Å². The molecule has 7 nitrogen and oxygen atoms in total. The summed E-state index contributed by atoms with van der Waals surface area (Å²) in [5.74, 6) is -0.0190. The smallest absolute Gasteiger partial charge is 0.273 e. The maximum absolute atomic E-state index is 12.0. The van der Waals surface area contributed by atoms with E-state index in [1.54, 1.807) is 11.7 Å². The molecule has 0 fully saturated rings. The molecule has 0 radical (unpaired) electrons. The minimum absolute atomic E-state index is 0.0447. The van der Waals surface area contributed by atoms with Crippen LogP contribution < -0.4 is 10.9 Å². The number of pyridine rings is 1. The van der Waals surface area contributed by atoms with Gasteiger partial charge in [0.1, 0.15) is 0 Å². The topological polar surface area (TPSA) is 100 Å². The summed E-state index contributed by atoms with van der Waals surface area (Å²) in [5, 5.41) is 15.1. The fraction of sp³-hybridized carbons (Fsp3) is 0.562. The Morgan fingerprint density at radius 1 is 1.43 bits per heavy atom. The highest BCUT2D eigenvalue weighted by Gasteiger charge is 2.16. The molecule has 7 heteroatoms. The Bertz CT molecular complexity index is 776. The fourth-order valence-corrected chi connectivity index (χ4v) is 2.70. The summed E-state index contributed by atoms with van der Waals surface area (Å²) < 4.78 is 1.62. The number of fused-ring (bicyclic) bond motifs is 1. The number of amides is 1. The van der Waals surface area contributed by atoms with Crippen molar-refractivity contribution >= 4 is 16.9 Å². The van der Waals surface area contributed by atoms with E-state index < -0.39 is 0 Å². The van der Waals surface area contributed by atoms with Crippen molar-refractivity contribution in [2.24, 2.45) is 13.0 Å². The van der Waals surface area contributed by atoms with Crippen LogP contribution in [0.15, 0.2) is 4.79 Å². The van der Waals surface area contributed by atoms with Gasteiger partial charge in [0.05, 0.1) is 5.39 Å². The van der Waals surface area contributed by atoms with Crippen molar-refractivity contribution in [2.45, 2.75) is 33.6 Å². The number of hydrogen-bond donors (Lipinski definition) is 3. The molecule has 2 aromatic rings. The van der Waals surface area contributed by atoms with Gasteiger partial charge in [0.25, 0.3) is 5.56 Å². The van der Waals surface area contributed by atoms with Crippen LogP contribution in [0, 0.1) is 19.8 Å². The van der Waals surface area contributed by atoms with Gasteiger partial charge in [-0.15, -0.1) is 0 Å². The third kappa shape index (κ3) is 3.61. The Labute approximate surface area is 134 Å². The van der Waals surface area contributed by atoms with Gasteiger partial charge < -0.3 is 10.4 Å². The number of carbonyl (C=O) groups is 1. The van der Waals surface area contributed by atoms with Gasteiger partial charge >= 0.3 is 0 Å². The Morgan fingerprint density at radius 2 is 2.13 bits per heavy atom. The van der Waals surface area contributed by atoms with Crippen LogP contribution in [-0.2, 0) is 18.3 Å². The molecule has 1 atom stereocenters. The highest BCUT2D eigenvalue weighted by molar-refractivity contribution is 5.81. The van der Waals surface area contributed by atoms with E-state index >= 15 is 0 Å². The molecule has 0 aromatic carbocycles. The summed E-state index contributed by atoms with van der Waals surface area (Å²) >= 11 is 0. The molecular weight excluding hydrogens is 296 g/mol. The summed E-state index contributed by atoms with van der Waals surface area (Å²) in [6.07, 6.45) is 0.867. The molecule has 0 saturated heterocycles. The number of H-pyrrole nitrogens is 1. The molecule has 126 valence electrons. The van der Waals surface area contributed by atoms with Crippen LogP contribution in [0.4, 0.5) is 0 Å². The first-order valence-corrected chi connectivity index (χ1v) is 7.77. The lowest BCUT2D eigenvalue weighted by Gasteiger charge is -2.12. The molecule has 0 aliphatic carbocycles. The second-order valence-corrected chi connectivity index (χ2v) is 6.09. The van der Waals surface area contributed by atoms with Crippen LogP contribution in [0.5, 0.6) is 0 Å². The Hall–Kier alpha value is -2.15. The number of hydrogen-bond acceptors (Lipinski definition) is 4. The lowest BCUT2D eigenvalue weighted by atomic mass is 10.00. The standard InChI is InChI=1S/C16H24N4O3/c1-9(8-21)7-17-13(22)6-5-12-10(2)14-15(18-11(12)3)20(4)19-16(14)23/h9,21H,5-8H2,1-4H3,(H,17,22)(H,19,23). The molecular formula is C16H24N4O3. The van der Waals surface area contributed by atoms with E-state index in [0.717, 1.165) is 16.8 Å². The average molecular weight is 320 g/mol. The predicted octanol–water partition coefficient (Wildman–Crippen LogP) is 0.556. The molecule has 0 saturated carbocycles. The van der Waals surface area contributed by atoms with Crippen molar-refractivity contribution in [1.29, 1.82) is 0 Å². The van der Waals surface area contributed by atoms with Crippen LogP contribution >= 0.6 is 0 Å². The van der Waals surface area contributed by atoms with Crippen molar-refractivity contribution in [3.05, 3.63) is 27.2 Å². The first-order valence-electron chi connectivity index (χ1n) is 7.77. The van der Waals surface area contributed by atoms with Gasteiger partial charge in [-0.3, -0.25) is 19.4 Å². The van der Waals surface area contributed by atoms with E-state index in [9.17, 15) is 9.59 Å². The lowest BCUT2D eigenvalue weighted by molar-refractivity contribution is -0.121. The van der Waals surface area contributed by atoms with E-state index in [1.807, 2.05) is 20.8 Å². The quantitative estimate of drug-likeness (QED) is 0.724. The molecule has 0 spiro atoms. The summed E-state index contributed by atoms with van der Waals surface area (Å²) in [4.78, 5) is 28.4. The third-order valence-electron chi connectivity index (χ3n) is 4.14. The fourth-order valence-electron chi connectivity index (χ4n) is 2.70. The number of nitrogens with zero attached hydrogens (tertiary/aromatic N) is 2. The van der Waals surface area contributed by atoms with Gasteiger partial charge in [-0.1, -0.05) is 6.92 Å². The summed E-state index contributed by atoms with van der Waals surface area (Å²) in [6, 6.07) is 0. The third-order valence-corrected chi connectivity index (χ3v) is 4.14. The van der Waals surface area contributed by atoms with Gasteiger partial charge in [0, 0.05) is 32.3 Å². The monoisotopic (exact) mass is 320 g/mol. The normalized spacial score (nSPS) is 12.6. The number of aliphatic hydroxyl groups excluding tert-OH is 1. The van der Waals surface area contributed by atoms with Crippen LogP contribution in [0.2, 0.25) is 0 Å². The maximum Gasteiger partial charge on any atom is 0.273 e. The van der Waals surface area contributed by atoms with Crippen LogP contribution in [0.3, 0.4) is 0 Å². The summed E-state index contributed by atoms with van der Waals surface area (Å²) in [7, 11) is 1.76. The molecule has 2 aromatic heterocycles. The average Bonchev–Trinajstić information content (AvgIpc) is 2.78. The molecule has 1 unspecified atom stereocenters. The zero-order valence-corrected chi connectivity index (χ0v) is 14.1. The maximum atomic E-state index is 12.0. The Kier molecular flexibility index (Phi) is 5.20. The van der Waals surface area contributed by atoms with Crippen molar-refractivity contribution < 1.29 is 9.90 Å². The van der Waals surface area contributed by atoms with E-state index in [1.165, 1.54) is 0 Å². The van der Waals surface area contributed by atoms with E-state index in [4.69, 9.17) is 5.11 Å². The highest BCUT2D eigenvalue weighted by atomic mass is 16.3. The van der Waals surface area contributed by atoms with Crippen LogP contribution in [-0.4, -0.2) is 38.9 Å². The molecule has 0 bridgehead atoms. The number of carbonyl (C=O) groups excluding carboxylic acids is 1. The molecule has 3 N–H and O–H groups in total. The molecule has 0 aliphatic heterocycles. The minimum atomic E-state index is -0.157. The summed E-state index contributed by atoms with van der Waals surface area (Å²) in [5.41, 5.74) is 3.14. The number of aromatic nitrogens is 3. The molecule has 0 aliphatic rings. The lowest BCUT2D eigenvalue weighted by Crippen LogP contribution is -2.29. The van der Waals surface area contributed by atoms with E-state index in [2.05, 4.69) is 15.4 Å². The number of aliphatic hydroxyl groups is 1. The number of aromatic amines is 1. The van der Waals surface area contributed by atoms with Crippen molar-refractivity contribution in [3.8, 4) is 0 Å². The number of aryl methyl sites for hydroxylation is 3. The second-order valence-electron chi connectivity index (χ2n) is 6.09. The van der Waals surface area contributed by atoms with Gasteiger partial charge in [-0.25, -0.2) is 4.98 Å². The van der Waals surface area contributed by atoms with Gasteiger partial charge in [0.2, 0.25) is 5.91 Å². The molecule has 23 heavy (non-hydrogen) atoms. The molecule has 2 heterocycles. The number of nitrogens with one attached hydrogen (secondary N) is 2. The SMILES string of the molecule is Cc1nc2c(c(C)c1CCC(=O)NCC(C)CO)c(=O)[nH]n2C. The van der Waals surface area contributed by atoms with Crippen LogP contribution in [0.25, 0.3) is 11.0 Å². The largest absolute Gasteiger partial charge is 0.396 e. The van der Waals surface area contributed by atoms with Gasteiger partial charge in [-0.05, 0) is 37.3 Å². The molecule has 1 amide bonds. The Balaban J connectivity index is 2.16. The zero-order chi connectivity index (χ0) is 17.1. The molecule has 2 rings (SSSR count). The van der Waals surface area contributed by atoms with Gasteiger partial charge in [0.15, 0.2) is 5.65 Å². The first-order chi connectivity index (χ1) is 10.8. The van der Waals surface area contributed by atoms with Crippen molar-refractivity contribution in [1.82, 2.24) is 20.1 Å². The Morgan fingerprint density at radius 3 is 2.78 bits per heavy atom. The van der Waals surface area contributed by atoms with Crippen molar-refractivity contribution in [2.75, 3.05) is 13.2 Å².